The number of nitrogens with zero attached hydrogens (tertiary/aromatic N) is 1. The van der Waals surface area contributed by atoms with Crippen molar-refractivity contribution in [1.82, 2.24) is 4.98 Å². The number of ether oxygens (including phenoxy) is 1. The monoisotopic (exact) mass is 329 g/mol. The van der Waals surface area contributed by atoms with Crippen molar-refractivity contribution in [1.29, 1.82) is 0 Å². The van der Waals surface area contributed by atoms with Gasteiger partial charge in [0, 0.05) is 26.8 Å². The van der Waals surface area contributed by atoms with Gasteiger partial charge >= 0.3 is 5.63 Å². The molecule has 2 heterocycles. The van der Waals surface area contributed by atoms with E-state index in [4.69, 9.17) is 9.15 Å². The molecule has 0 N–H and O–H groups in total. The van der Waals surface area contributed by atoms with Gasteiger partial charge in [0.15, 0.2) is 16.8 Å². The predicted octanol–water partition coefficient (Wildman–Crippen LogP) is 3.70. The summed E-state index contributed by atoms with van der Waals surface area (Å²) in [6.07, 6.45) is 1.62. The van der Waals surface area contributed by atoms with Gasteiger partial charge in [0.1, 0.15) is 0 Å². The Morgan fingerprint density at radius 2 is 2.10 bits per heavy atom. The third-order valence-corrected chi connectivity index (χ3v) is 4.16. The highest BCUT2D eigenvalue weighted by Gasteiger charge is 2.18. The van der Waals surface area contributed by atoms with Gasteiger partial charge in [-0.1, -0.05) is 28.1 Å². The number of benzene rings is 2. The average Bonchev–Trinajstić information content (AvgIpc) is 2.47. The van der Waals surface area contributed by atoms with E-state index in [0.29, 0.717) is 16.8 Å². The van der Waals surface area contributed by atoms with Crippen LogP contribution in [-0.4, -0.2) is 12.1 Å². The van der Waals surface area contributed by atoms with E-state index in [-0.39, 0.29) is 0 Å². The second kappa shape index (κ2) is 3.93. The summed E-state index contributed by atoms with van der Waals surface area (Å²) < 4.78 is 11.6. The first-order valence-corrected chi connectivity index (χ1v) is 6.80. The molecule has 2 aromatic carbocycles. The van der Waals surface area contributed by atoms with Crippen LogP contribution in [-0.2, 0) is 0 Å². The van der Waals surface area contributed by atoms with Gasteiger partial charge in [-0.2, -0.15) is 0 Å². The molecule has 2 aromatic heterocycles. The zero-order chi connectivity index (χ0) is 13.9. The van der Waals surface area contributed by atoms with Crippen LogP contribution in [0.3, 0.4) is 0 Å². The number of hydrogen-bond acceptors (Lipinski definition) is 4. The van der Waals surface area contributed by atoms with Gasteiger partial charge in [0.2, 0.25) is 0 Å². The SMILES string of the molecule is COc1cc(Br)c2ccc3ccnc4c(=O)oc1c2c34. The molecule has 0 saturated heterocycles. The fourth-order valence-corrected chi connectivity index (χ4v) is 3.17. The van der Waals surface area contributed by atoms with E-state index in [9.17, 15) is 4.79 Å². The largest absolute Gasteiger partial charge is 0.493 e. The standard InChI is InChI=1S/C15H8BrNO3/c1-19-10-6-9(16)8-3-2-7-4-5-17-13-11(7)12(8)14(10)20-15(13)18/h2-6H,1H3. The molecule has 20 heavy (non-hydrogen) atoms. The van der Waals surface area contributed by atoms with Crippen molar-refractivity contribution >= 4 is 48.6 Å². The number of methoxy groups -OCH3 is 1. The number of halogens is 1. The summed E-state index contributed by atoms with van der Waals surface area (Å²) in [5.41, 5.74) is 0.360. The van der Waals surface area contributed by atoms with E-state index in [1.54, 1.807) is 19.4 Å². The molecule has 4 aromatic rings. The molecule has 5 heteroatoms. The zero-order valence-electron chi connectivity index (χ0n) is 10.4. The Morgan fingerprint density at radius 3 is 2.90 bits per heavy atom. The van der Waals surface area contributed by atoms with Crippen LogP contribution < -0.4 is 10.4 Å². The Labute approximate surface area is 121 Å². The van der Waals surface area contributed by atoms with Gasteiger partial charge in [0.05, 0.1) is 7.11 Å². The Morgan fingerprint density at radius 1 is 1.25 bits per heavy atom. The van der Waals surface area contributed by atoms with Crippen molar-refractivity contribution in [2.45, 2.75) is 0 Å². The smallest absolute Gasteiger partial charge is 0.363 e. The van der Waals surface area contributed by atoms with Crippen molar-refractivity contribution in [3.8, 4) is 5.75 Å². The lowest BCUT2D eigenvalue weighted by Crippen LogP contribution is -2.04. The van der Waals surface area contributed by atoms with Crippen molar-refractivity contribution in [3.05, 3.63) is 45.4 Å². The molecule has 0 fully saturated rings. The average molecular weight is 330 g/mol. The summed E-state index contributed by atoms with van der Waals surface area (Å²) in [5, 5.41) is 3.60. The van der Waals surface area contributed by atoms with Crippen LogP contribution in [0.2, 0.25) is 0 Å². The molecule has 0 saturated carbocycles. The Hall–Kier alpha value is -2.14. The van der Waals surface area contributed by atoms with Crippen LogP contribution in [0.4, 0.5) is 0 Å². The van der Waals surface area contributed by atoms with E-state index in [2.05, 4.69) is 20.9 Å². The van der Waals surface area contributed by atoms with E-state index >= 15 is 0 Å². The van der Waals surface area contributed by atoms with Crippen LogP contribution in [0.25, 0.3) is 32.6 Å². The predicted molar refractivity (Wildman–Crippen MR) is 80.7 cm³/mol. The molecule has 0 aliphatic carbocycles. The van der Waals surface area contributed by atoms with Gasteiger partial charge in [-0.25, -0.2) is 9.78 Å². The maximum atomic E-state index is 12.1. The summed E-state index contributed by atoms with van der Waals surface area (Å²) >= 11 is 3.53. The molecular formula is C15H8BrNO3. The minimum Gasteiger partial charge on any atom is -0.493 e. The molecule has 0 amide bonds. The zero-order valence-corrected chi connectivity index (χ0v) is 12.0. The third-order valence-electron chi connectivity index (χ3n) is 3.51. The van der Waals surface area contributed by atoms with Gasteiger partial charge in [-0.3, -0.25) is 0 Å². The highest BCUT2D eigenvalue weighted by atomic mass is 79.9. The molecule has 0 radical (unpaired) electrons. The molecule has 0 aliphatic rings. The molecule has 98 valence electrons. The lowest BCUT2D eigenvalue weighted by atomic mass is 10.0. The molecular weight excluding hydrogens is 322 g/mol. The molecule has 0 atom stereocenters. The second-order valence-electron chi connectivity index (χ2n) is 4.53. The van der Waals surface area contributed by atoms with Crippen LogP contribution in [0.15, 0.2) is 44.1 Å². The quantitative estimate of drug-likeness (QED) is 0.394. The minimum absolute atomic E-state index is 0.348. The number of pyridine rings is 1. The van der Waals surface area contributed by atoms with Gasteiger partial charge in [-0.05, 0) is 17.5 Å². The van der Waals surface area contributed by atoms with Crippen molar-refractivity contribution < 1.29 is 9.15 Å². The summed E-state index contributed by atoms with van der Waals surface area (Å²) in [5.74, 6) is 0.528. The first kappa shape index (κ1) is 11.7. The number of aromatic nitrogens is 1. The lowest BCUT2D eigenvalue weighted by molar-refractivity contribution is 0.407. The molecule has 4 rings (SSSR count). The number of rotatable bonds is 1. The van der Waals surface area contributed by atoms with E-state index in [1.165, 1.54) is 0 Å². The first-order valence-electron chi connectivity index (χ1n) is 6.01. The lowest BCUT2D eigenvalue weighted by Gasteiger charge is -2.12. The normalized spacial score (nSPS) is 11.7. The van der Waals surface area contributed by atoms with Crippen molar-refractivity contribution in [3.63, 3.8) is 0 Å². The fraction of sp³-hybridized carbons (Fsp3) is 0.0667. The van der Waals surface area contributed by atoms with Gasteiger partial charge < -0.3 is 9.15 Å². The van der Waals surface area contributed by atoms with Crippen LogP contribution in [0.1, 0.15) is 0 Å². The van der Waals surface area contributed by atoms with Crippen LogP contribution in [0.5, 0.6) is 5.75 Å². The Bertz CT molecular complexity index is 1020. The maximum Gasteiger partial charge on any atom is 0.363 e. The maximum absolute atomic E-state index is 12.1. The first-order chi connectivity index (χ1) is 9.70. The molecule has 0 unspecified atom stereocenters. The second-order valence-corrected chi connectivity index (χ2v) is 5.38. The molecule has 0 spiro atoms. The highest BCUT2D eigenvalue weighted by molar-refractivity contribution is 9.10. The van der Waals surface area contributed by atoms with Gasteiger partial charge in [-0.15, -0.1) is 0 Å². The molecule has 0 bridgehead atoms. The number of hydrogen-bond donors (Lipinski definition) is 0. The van der Waals surface area contributed by atoms with Crippen molar-refractivity contribution in [2.75, 3.05) is 7.11 Å². The van der Waals surface area contributed by atoms with E-state index in [0.717, 1.165) is 26.0 Å². The summed E-state index contributed by atoms with van der Waals surface area (Å²) in [7, 11) is 1.55. The summed E-state index contributed by atoms with van der Waals surface area (Å²) in [6, 6.07) is 7.66. The van der Waals surface area contributed by atoms with Crippen LogP contribution >= 0.6 is 15.9 Å². The van der Waals surface area contributed by atoms with Crippen molar-refractivity contribution in [2.24, 2.45) is 0 Å². The Kier molecular flexibility index (Phi) is 2.29. The van der Waals surface area contributed by atoms with E-state index < -0.39 is 5.63 Å². The fourth-order valence-electron chi connectivity index (χ4n) is 2.63. The van der Waals surface area contributed by atoms with Gasteiger partial charge in [0.25, 0.3) is 0 Å². The topological polar surface area (TPSA) is 52.3 Å². The molecule has 0 aliphatic heterocycles. The Balaban J connectivity index is 2.47. The highest BCUT2D eigenvalue weighted by Crippen LogP contribution is 2.40. The third kappa shape index (κ3) is 1.35. The summed E-state index contributed by atoms with van der Waals surface area (Å²) in [4.78, 5) is 16.3. The minimum atomic E-state index is -0.448. The van der Waals surface area contributed by atoms with Crippen LogP contribution in [0, 0.1) is 0 Å². The van der Waals surface area contributed by atoms with E-state index in [1.807, 2.05) is 18.2 Å². The summed E-state index contributed by atoms with van der Waals surface area (Å²) in [6.45, 7) is 0. The molecule has 4 nitrogen and oxygen atoms in total.